The van der Waals surface area contributed by atoms with Gasteiger partial charge in [-0.15, -0.1) is 0 Å². The van der Waals surface area contributed by atoms with Crippen molar-refractivity contribution < 1.29 is 18.7 Å². The van der Waals surface area contributed by atoms with E-state index < -0.39 is 23.7 Å². The monoisotopic (exact) mass is 300 g/mol. The van der Waals surface area contributed by atoms with Crippen molar-refractivity contribution in [2.45, 2.75) is 45.2 Å². The van der Waals surface area contributed by atoms with Gasteiger partial charge >= 0.3 is 6.03 Å². The van der Waals surface area contributed by atoms with Gasteiger partial charge in [0.25, 0.3) is 0 Å². The number of urea groups is 1. The summed E-state index contributed by atoms with van der Waals surface area (Å²) in [5, 5.41) is 14.1. The summed E-state index contributed by atoms with van der Waals surface area (Å²) in [6, 6.07) is 2.06. The molecule has 6 heteroatoms. The molecule has 4 nitrogen and oxygen atoms in total. The van der Waals surface area contributed by atoms with E-state index in [2.05, 4.69) is 10.6 Å². The Balaban J connectivity index is 2.65. The van der Waals surface area contributed by atoms with Crippen molar-refractivity contribution in [3.8, 4) is 0 Å². The molecule has 0 heterocycles. The van der Waals surface area contributed by atoms with Crippen LogP contribution in [0.4, 0.5) is 13.6 Å². The molecule has 118 valence electrons. The first-order valence-corrected chi connectivity index (χ1v) is 7.10. The average molecular weight is 300 g/mol. The largest absolute Gasteiger partial charge is 0.396 e. The van der Waals surface area contributed by atoms with Gasteiger partial charge in [0, 0.05) is 18.2 Å². The molecule has 21 heavy (non-hydrogen) atoms. The van der Waals surface area contributed by atoms with Crippen molar-refractivity contribution in [2.75, 3.05) is 6.61 Å². The fraction of sp³-hybridized carbons (Fsp3) is 0.533. The van der Waals surface area contributed by atoms with Crippen molar-refractivity contribution in [3.63, 3.8) is 0 Å². The predicted molar refractivity (Wildman–Crippen MR) is 76.8 cm³/mol. The maximum Gasteiger partial charge on any atom is 0.315 e. The van der Waals surface area contributed by atoms with Gasteiger partial charge in [0.05, 0.1) is 6.04 Å². The highest BCUT2D eigenvalue weighted by Crippen LogP contribution is 2.21. The van der Waals surface area contributed by atoms with E-state index in [0.717, 1.165) is 18.2 Å². The lowest BCUT2D eigenvalue weighted by molar-refractivity contribution is 0.230. The highest BCUT2D eigenvalue weighted by molar-refractivity contribution is 5.74. The van der Waals surface area contributed by atoms with Crippen LogP contribution < -0.4 is 10.6 Å². The zero-order chi connectivity index (χ0) is 15.8. The van der Waals surface area contributed by atoms with E-state index in [4.69, 9.17) is 5.11 Å². The standard InChI is InChI=1S/C15H22F2N2O2/c1-3-14(12-9-11(16)6-7-13(12)17)19-15(21)18-10(2)5-4-8-20/h6-7,9-10,14,20H,3-5,8H2,1-2H3,(H2,18,19,21). The van der Waals surface area contributed by atoms with Crippen LogP contribution in [0.1, 0.15) is 44.7 Å². The number of carbonyl (C=O) groups is 1. The second-order valence-corrected chi connectivity index (χ2v) is 5.01. The molecule has 3 N–H and O–H groups in total. The van der Waals surface area contributed by atoms with Gasteiger partial charge in [0.1, 0.15) is 11.6 Å². The number of carbonyl (C=O) groups excluding carboxylic acids is 1. The predicted octanol–water partition coefficient (Wildman–Crippen LogP) is 2.88. The van der Waals surface area contributed by atoms with Crippen LogP contribution in [0.15, 0.2) is 18.2 Å². The molecule has 0 spiro atoms. The molecular formula is C15H22F2N2O2. The Bertz CT molecular complexity index is 469. The van der Waals surface area contributed by atoms with Gasteiger partial charge in [0.15, 0.2) is 0 Å². The average Bonchev–Trinajstić information content (AvgIpc) is 2.45. The Morgan fingerprint density at radius 3 is 2.67 bits per heavy atom. The summed E-state index contributed by atoms with van der Waals surface area (Å²) in [5.74, 6) is -1.08. The quantitative estimate of drug-likeness (QED) is 0.725. The zero-order valence-electron chi connectivity index (χ0n) is 12.3. The molecule has 0 saturated carbocycles. The van der Waals surface area contributed by atoms with Crippen LogP contribution >= 0.6 is 0 Å². The van der Waals surface area contributed by atoms with Crippen LogP contribution in [0.25, 0.3) is 0 Å². The van der Waals surface area contributed by atoms with Gasteiger partial charge in [-0.25, -0.2) is 13.6 Å². The third-order valence-electron chi connectivity index (χ3n) is 3.22. The number of hydrogen-bond acceptors (Lipinski definition) is 2. The van der Waals surface area contributed by atoms with Crippen LogP contribution in [0.3, 0.4) is 0 Å². The van der Waals surface area contributed by atoms with Gasteiger partial charge in [0.2, 0.25) is 0 Å². The Morgan fingerprint density at radius 2 is 2.05 bits per heavy atom. The minimum Gasteiger partial charge on any atom is -0.396 e. The van der Waals surface area contributed by atoms with E-state index in [1.807, 2.05) is 6.92 Å². The summed E-state index contributed by atoms with van der Waals surface area (Å²) >= 11 is 0. The zero-order valence-corrected chi connectivity index (χ0v) is 12.3. The normalized spacial score (nSPS) is 13.6. The lowest BCUT2D eigenvalue weighted by Gasteiger charge is -2.20. The van der Waals surface area contributed by atoms with E-state index in [0.29, 0.717) is 19.3 Å². The Labute approximate surface area is 123 Å². The molecular weight excluding hydrogens is 278 g/mol. The number of nitrogens with one attached hydrogen (secondary N) is 2. The number of aliphatic hydroxyl groups is 1. The number of rotatable bonds is 7. The van der Waals surface area contributed by atoms with Crippen molar-refractivity contribution in [1.82, 2.24) is 10.6 Å². The van der Waals surface area contributed by atoms with Crippen LogP contribution in [-0.2, 0) is 0 Å². The second-order valence-electron chi connectivity index (χ2n) is 5.01. The number of aliphatic hydroxyl groups excluding tert-OH is 1. The van der Waals surface area contributed by atoms with Gasteiger partial charge in [-0.3, -0.25) is 0 Å². The van der Waals surface area contributed by atoms with E-state index in [1.54, 1.807) is 6.92 Å². The maximum absolute atomic E-state index is 13.7. The van der Waals surface area contributed by atoms with Crippen molar-refractivity contribution in [3.05, 3.63) is 35.4 Å². The van der Waals surface area contributed by atoms with E-state index in [1.165, 1.54) is 0 Å². The lowest BCUT2D eigenvalue weighted by Crippen LogP contribution is -2.42. The van der Waals surface area contributed by atoms with Crippen LogP contribution in [-0.4, -0.2) is 23.8 Å². The maximum atomic E-state index is 13.7. The van der Waals surface area contributed by atoms with Gasteiger partial charge in [-0.05, 0) is 44.4 Å². The fourth-order valence-electron chi connectivity index (χ4n) is 2.07. The number of halogens is 2. The molecule has 0 aliphatic heterocycles. The highest BCUT2D eigenvalue weighted by atomic mass is 19.1. The summed E-state index contributed by atoms with van der Waals surface area (Å²) in [5.41, 5.74) is 0.135. The summed E-state index contributed by atoms with van der Waals surface area (Å²) in [4.78, 5) is 11.9. The van der Waals surface area contributed by atoms with Crippen LogP contribution in [0.2, 0.25) is 0 Å². The first-order valence-electron chi connectivity index (χ1n) is 7.10. The third kappa shape index (κ3) is 5.67. The van der Waals surface area contributed by atoms with Crippen molar-refractivity contribution in [2.24, 2.45) is 0 Å². The van der Waals surface area contributed by atoms with E-state index in [-0.39, 0.29) is 18.2 Å². The molecule has 0 saturated heterocycles. The molecule has 0 radical (unpaired) electrons. The number of amides is 2. The van der Waals surface area contributed by atoms with Gasteiger partial charge in [-0.1, -0.05) is 6.92 Å². The molecule has 1 aromatic carbocycles. The third-order valence-corrected chi connectivity index (χ3v) is 3.22. The molecule has 0 aliphatic carbocycles. The molecule has 2 atom stereocenters. The van der Waals surface area contributed by atoms with Gasteiger partial charge < -0.3 is 15.7 Å². The van der Waals surface area contributed by atoms with Crippen LogP contribution in [0, 0.1) is 11.6 Å². The molecule has 2 amide bonds. The summed E-state index contributed by atoms with van der Waals surface area (Å²) < 4.78 is 26.9. The van der Waals surface area contributed by atoms with Crippen LogP contribution in [0.5, 0.6) is 0 Å². The smallest absolute Gasteiger partial charge is 0.315 e. The first kappa shape index (κ1) is 17.4. The molecule has 0 fully saturated rings. The van der Waals surface area contributed by atoms with Crippen molar-refractivity contribution >= 4 is 6.03 Å². The Kier molecular flexibility index (Phi) is 7.08. The Hall–Kier alpha value is -1.69. The van der Waals surface area contributed by atoms with Crippen molar-refractivity contribution in [1.29, 1.82) is 0 Å². The topological polar surface area (TPSA) is 61.4 Å². The number of benzene rings is 1. The summed E-state index contributed by atoms with van der Waals surface area (Å²) in [6.07, 6.45) is 1.69. The van der Waals surface area contributed by atoms with Gasteiger partial charge in [-0.2, -0.15) is 0 Å². The Morgan fingerprint density at radius 1 is 1.33 bits per heavy atom. The molecule has 2 unspecified atom stereocenters. The van der Waals surface area contributed by atoms with E-state index in [9.17, 15) is 13.6 Å². The molecule has 1 aromatic rings. The first-order chi connectivity index (χ1) is 9.97. The second kappa shape index (κ2) is 8.56. The minimum atomic E-state index is -0.592. The molecule has 0 bridgehead atoms. The molecule has 1 rings (SSSR count). The lowest BCUT2D eigenvalue weighted by atomic mass is 10.0. The summed E-state index contributed by atoms with van der Waals surface area (Å²) in [7, 11) is 0. The highest BCUT2D eigenvalue weighted by Gasteiger charge is 2.18. The number of hydrogen-bond donors (Lipinski definition) is 3. The molecule has 0 aromatic heterocycles. The molecule has 0 aliphatic rings. The SMILES string of the molecule is CCC(NC(=O)NC(C)CCCO)c1cc(F)ccc1F. The summed E-state index contributed by atoms with van der Waals surface area (Å²) in [6.45, 7) is 3.67. The fourth-order valence-corrected chi connectivity index (χ4v) is 2.07. The minimum absolute atomic E-state index is 0.0692. The van der Waals surface area contributed by atoms with E-state index >= 15 is 0 Å².